The molecular formula is C19H23N5O2. The minimum Gasteiger partial charge on any atom is -0.361 e. The second kappa shape index (κ2) is 6.16. The Labute approximate surface area is 152 Å². The normalized spacial score (nSPS) is 22.1. The first-order valence-corrected chi connectivity index (χ1v) is 9.01. The van der Waals surface area contributed by atoms with Gasteiger partial charge in [-0.3, -0.25) is 14.3 Å². The van der Waals surface area contributed by atoms with Gasteiger partial charge in [0.2, 0.25) is 0 Å². The maximum absolute atomic E-state index is 12.9. The predicted molar refractivity (Wildman–Crippen MR) is 98.0 cm³/mol. The van der Waals surface area contributed by atoms with Crippen molar-refractivity contribution in [3.05, 3.63) is 47.8 Å². The van der Waals surface area contributed by atoms with Crippen molar-refractivity contribution >= 4 is 17.5 Å². The standard InChI is InChI=1S/C19H23N5O2/c1-13(2)24-11-14(10-20-24)18(26)23-9-5-8-19(12-23)21-16-7-4-3-6-15(16)17(25)22-19/h3-4,6-7,10-11,13,21H,5,8-9,12H2,1-2H3,(H,22,25)/t19-/m1/s1. The number of nitrogens with one attached hydrogen (secondary N) is 2. The van der Waals surface area contributed by atoms with E-state index in [1.54, 1.807) is 28.0 Å². The number of piperidine rings is 1. The third kappa shape index (κ3) is 2.83. The number of hydrogen-bond acceptors (Lipinski definition) is 4. The lowest BCUT2D eigenvalue weighted by molar-refractivity contribution is 0.0592. The molecule has 3 heterocycles. The van der Waals surface area contributed by atoms with Gasteiger partial charge in [0.15, 0.2) is 0 Å². The molecule has 2 aliphatic heterocycles. The fourth-order valence-corrected chi connectivity index (χ4v) is 3.71. The summed E-state index contributed by atoms with van der Waals surface area (Å²) in [6.45, 7) is 5.15. The summed E-state index contributed by atoms with van der Waals surface area (Å²) in [5.41, 5.74) is 1.42. The molecule has 2 aromatic rings. The Morgan fingerprint density at radius 2 is 2.08 bits per heavy atom. The van der Waals surface area contributed by atoms with Crippen molar-refractivity contribution in [1.29, 1.82) is 0 Å². The van der Waals surface area contributed by atoms with Gasteiger partial charge in [-0.15, -0.1) is 0 Å². The number of hydrogen-bond donors (Lipinski definition) is 2. The van der Waals surface area contributed by atoms with Crippen LogP contribution in [0.25, 0.3) is 0 Å². The number of fused-ring (bicyclic) bond motifs is 1. The van der Waals surface area contributed by atoms with Crippen molar-refractivity contribution in [2.24, 2.45) is 0 Å². The van der Waals surface area contributed by atoms with Gasteiger partial charge in [0.05, 0.1) is 23.9 Å². The minimum atomic E-state index is -0.618. The lowest BCUT2D eigenvalue weighted by atomic mass is 9.93. The molecular weight excluding hydrogens is 330 g/mol. The summed E-state index contributed by atoms with van der Waals surface area (Å²) >= 11 is 0. The van der Waals surface area contributed by atoms with Crippen LogP contribution in [0.2, 0.25) is 0 Å². The van der Waals surface area contributed by atoms with Gasteiger partial charge in [-0.1, -0.05) is 12.1 Å². The van der Waals surface area contributed by atoms with Crippen LogP contribution in [0.4, 0.5) is 5.69 Å². The van der Waals surface area contributed by atoms with Crippen molar-refractivity contribution in [3.8, 4) is 0 Å². The largest absolute Gasteiger partial charge is 0.361 e. The van der Waals surface area contributed by atoms with E-state index in [4.69, 9.17) is 0 Å². The number of rotatable bonds is 2. The Morgan fingerprint density at radius 1 is 1.27 bits per heavy atom. The number of anilines is 1. The number of amides is 2. The van der Waals surface area contributed by atoms with E-state index in [1.807, 2.05) is 32.0 Å². The summed E-state index contributed by atoms with van der Waals surface area (Å²) in [6.07, 6.45) is 5.00. The number of likely N-dealkylation sites (tertiary alicyclic amines) is 1. The number of benzene rings is 1. The molecule has 1 spiro atoms. The topological polar surface area (TPSA) is 79.3 Å². The average Bonchev–Trinajstić information content (AvgIpc) is 3.11. The molecule has 4 rings (SSSR count). The first kappa shape index (κ1) is 16.6. The van der Waals surface area contributed by atoms with Gasteiger partial charge in [-0.05, 0) is 38.8 Å². The highest BCUT2D eigenvalue weighted by atomic mass is 16.2. The van der Waals surface area contributed by atoms with Crippen molar-refractivity contribution in [2.75, 3.05) is 18.4 Å². The Hall–Kier alpha value is -2.83. The molecule has 0 bridgehead atoms. The lowest BCUT2D eigenvalue weighted by Crippen LogP contribution is -2.66. The van der Waals surface area contributed by atoms with E-state index in [9.17, 15) is 9.59 Å². The molecule has 136 valence electrons. The molecule has 0 unspecified atom stereocenters. The minimum absolute atomic E-state index is 0.0501. The predicted octanol–water partition coefficient (Wildman–Crippen LogP) is 2.25. The van der Waals surface area contributed by atoms with Crippen molar-refractivity contribution < 1.29 is 9.59 Å². The highest BCUT2D eigenvalue weighted by molar-refractivity contribution is 6.02. The van der Waals surface area contributed by atoms with Crippen molar-refractivity contribution in [3.63, 3.8) is 0 Å². The molecule has 1 aromatic carbocycles. The van der Waals surface area contributed by atoms with Gasteiger partial charge in [0, 0.05) is 24.5 Å². The van der Waals surface area contributed by atoms with E-state index in [2.05, 4.69) is 15.7 Å². The summed E-state index contributed by atoms with van der Waals surface area (Å²) < 4.78 is 1.78. The summed E-state index contributed by atoms with van der Waals surface area (Å²) in [4.78, 5) is 27.2. The molecule has 0 aliphatic carbocycles. The molecule has 2 amide bonds. The van der Waals surface area contributed by atoms with E-state index < -0.39 is 5.66 Å². The number of para-hydroxylation sites is 1. The molecule has 1 saturated heterocycles. The molecule has 0 saturated carbocycles. The molecule has 0 radical (unpaired) electrons. The Bertz CT molecular complexity index is 859. The van der Waals surface area contributed by atoms with Gasteiger partial charge in [0.25, 0.3) is 11.8 Å². The Morgan fingerprint density at radius 3 is 2.85 bits per heavy atom. The number of nitrogens with zero attached hydrogens (tertiary/aromatic N) is 3. The average molecular weight is 353 g/mol. The van der Waals surface area contributed by atoms with Gasteiger partial charge in [-0.2, -0.15) is 5.10 Å². The molecule has 26 heavy (non-hydrogen) atoms. The second-order valence-corrected chi connectivity index (χ2v) is 7.34. The zero-order valence-electron chi connectivity index (χ0n) is 15.0. The van der Waals surface area contributed by atoms with Gasteiger partial charge < -0.3 is 15.5 Å². The van der Waals surface area contributed by atoms with E-state index >= 15 is 0 Å². The summed E-state index contributed by atoms with van der Waals surface area (Å²) in [5, 5.41) is 10.8. The van der Waals surface area contributed by atoms with Gasteiger partial charge in [0.1, 0.15) is 5.66 Å². The van der Waals surface area contributed by atoms with E-state index in [0.717, 1.165) is 18.5 Å². The molecule has 7 heteroatoms. The van der Waals surface area contributed by atoms with Crippen LogP contribution in [0.5, 0.6) is 0 Å². The maximum Gasteiger partial charge on any atom is 0.257 e. The van der Waals surface area contributed by atoms with Crippen LogP contribution in [-0.4, -0.2) is 45.2 Å². The lowest BCUT2D eigenvalue weighted by Gasteiger charge is -2.46. The van der Waals surface area contributed by atoms with E-state index in [1.165, 1.54) is 0 Å². The van der Waals surface area contributed by atoms with E-state index in [0.29, 0.717) is 24.2 Å². The molecule has 7 nitrogen and oxygen atoms in total. The van der Waals surface area contributed by atoms with Crippen LogP contribution in [-0.2, 0) is 0 Å². The van der Waals surface area contributed by atoms with Crippen LogP contribution >= 0.6 is 0 Å². The first-order chi connectivity index (χ1) is 12.5. The number of aromatic nitrogens is 2. The third-order valence-electron chi connectivity index (χ3n) is 5.06. The molecule has 1 atom stereocenters. The Kier molecular flexibility index (Phi) is 3.94. The number of carbonyl (C=O) groups excluding carboxylic acids is 2. The summed E-state index contributed by atoms with van der Waals surface area (Å²) in [5.74, 6) is -0.146. The number of carbonyl (C=O) groups is 2. The summed E-state index contributed by atoms with van der Waals surface area (Å²) in [7, 11) is 0. The Balaban J connectivity index is 1.56. The molecule has 1 aromatic heterocycles. The van der Waals surface area contributed by atoms with Crippen LogP contribution in [0.3, 0.4) is 0 Å². The van der Waals surface area contributed by atoms with Crippen LogP contribution in [0.15, 0.2) is 36.7 Å². The molecule has 2 N–H and O–H groups in total. The third-order valence-corrected chi connectivity index (χ3v) is 5.06. The maximum atomic E-state index is 12.9. The quantitative estimate of drug-likeness (QED) is 0.868. The van der Waals surface area contributed by atoms with Crippen LogP contribution in [0, 0.1) is 0 Å². The molecule has 1 fully saturated rings. The smallest absolute Gasteiger partial charge is 0.257 e. The van der Waals surface area contributed by atoms with Gasteiger partial charge >= 0.3 is 0 Å². The van der Waals surface area contributed by atoms with Crippen molar-refractivity contribution in [2.45, 2.75) is 38.4 Å². The molecule has 2 aliphatic rings. The zero-order valence-corrected chi connectivity index (χ0v) is 15.0. The first-order valence-electron chi connectivity index (χ1n) is 9.01. The fraction of sp³-hybridized carbons (Fsp3) is 0.421. The fourth-order valence-electron chi connectivity index (χ4n) is 3.71. The highest BCUT2D eigenvalue weighted by Gasteiger charge is 2.42. The second-order valence-electron chi connectivity index (χ2n) is 7.34. The zero-order chi connectivity index (χ0) is 18.3. The van der Waals surface area contributed by atoms with Gasteiger partial charge in [-0.25, -0.2) is 0 Å². The van der Waals surface area contributed by atoms with Crippen LogP contribution < -0.4 is 10.6 Å². The summed E-state index contributed by atoms with van der Waals surface area (Å²) in [6, 6.07) is 7.67. The van der Waals surface area contributed by atoms with Crippen molar-refractivity contribution in [1.82, 2.24) is 20.0 Å². The monoisotopic (exact) mass is 353 g/mol. The van der Waals surface area contributed by atoms with E-state index in [-0.39, 0.29) is 17.9 Å². The highest BCUT2D eigenvalue weighted by Crippen LogP contribution is 2.30. The van der Waals surface area contributed by atoms with Crippen LogP contribution in [0.1, 0.15) is 53.4 Å². The SMILES string of the molecule is CC(C)n1cc(C(=O)N2CCC[C@]3(C2)NC(=O)c2ccccc2N3)cn1.